The molecule has 100 valence electrons. The largest absolute Gasteiger partial charge is 0.442 e. The van der Waals surface area contributed by atoms with E-state index in [1.54, 1.807) is 32.9 Å². The predicted octanol–water partition coefficient (Wildman–Crippen LogP) is 3.97. The lowest BCUT2D eigenvalue weighted by molar-refractivity contribution is 0.0408. The molecule has 2 aromatic carbocycles. The number of hydroxylamine groups is 1. The highest BCUT2D eigenvalue weighted by Gasteiger charge is 2.23. The third kappa shape index (κ3) is 3.03. The van der Waals surface area contributed by atoms with Crippen molar-refractivity contribution in [1.29, 1.82) is 0 Å². The van der Waals surface area contributed by atoms with Crippen molar-refractivity contribution in [1.82, 2.24) is 0 Å². The Kier molecular flexibility index (Phi) is 3.44. The minimum absolute atomic E-state index is 0.410. The fourth-order valence-electron chi connectivity index (χ4n) is 1.80. The van der Waals surface area contributed by atoms with E-state index >= 15 is 0 Å². The number of ether oxygens (including phenoxy) is 1. The van der Waals surface area contributed by atoms with Crippen LogP contribution in [0.2, 0.25) is 0 Å². The molecular weight excluding hydrogens is 242 g/mol. The standard InChI is InChI=1S/C15H17NO3/c1-15(2,3)19-14(17)16(18)13-10-6-8-11-7-4-5-9-12(11)13/h4-10,18H,1-3H3. The maximum absolute atomic E-state index is 11.9. The molecule has 0 unspecified atom stereocenters. The first kappa shape index (κ1) is 13.4. The van der Waals surface area contributed by atoms with Gasteiger partial charge in [0.1, 0.15) is 5.60 Å². The summed E-state index contributed by atoms with van der Waals surface area (Å²) in [5, 5.41) is 12.3. The monoisotopic (exact) mass is 259 g/mol. The molecule has 0 spiro atoms. The van der Waals surface area contributed by atoms with Gasteiger partial charge in [0.2, 0.25) is 0 Å². The third-order valence-corrected chi connectivity index (χ3v) is 2.56. The van der Waals surface area contributed by atoms with Crippen LogP contribution in [-0.2, 0) is 4.74 Å². The van der Waals surface area contributed by atoms with Gasteiger partial charge in [0.15, 0.2) is 0 Å². The van der Waals surface area contributed by atoms with E-state index < -0.39 is 11.7 Å². The molecule has 0 saturated heterocycles. The van der Waals surface area contributed by atoms with Crippen LogP contribution in [0.15, 0.2) is 42.5 Å². The molecule has 0 bridgehead atoms. The molecule has 0 fully saturated rings. The van der Waals surface area contributed by atoms with Gasteiger partial charge in [0.25, 0.3) is 0 Å². The molecule has 2 rings (SSSR count). The van der Waals surface area contributed by atoms with Crippen LogP contribution in [0.5, 0.6) is 0 Å². The predicted molar refractivity (Wildman–Crippen MR) is 74.4 cm³/mol. The first-order valence-electron chi connectivity index (χ1n) is 6.08. The molecule has 1 N–H and O–H groups in total. The fourth-order valence-corrected chi connectivity index (χ4v) is 1.80. The Bertz CT molecular complexity index is 596. The van der Waals surface area contributed by atoms with Gasteiger partial charge in [0, 0.05) is 5.39 Å². The molecule has 0 saturated carbocycles. The summed E-state index contributed by atoms with van der Waals surface area (Å²) in [5.41, 5.74) is -0.241. The molecule has 0 aliphatic rings. The zero-order valence-electron chi connectivity index (χ0n) is 11.3. The van der Waals surface area contributed by atoms with Gasteiger partial charge in [-0.15, -0.1) is 0 Å². The number of nitrogens with zero attached hydrogens (tertiary/aromatic N) is 1. The van der Waals surface area contributed by atoms with E-state index in [0.29, 0.717) is 10.8 Å². The molecule has 0 aliphatic carbocycles. The summed E-state index contributed by atoms with van der Waals surface area (Å²) >= 11 is 0. The minimum atomic E-state index is -0.788. The van der Waals surface area contributed by atoms with E-state index in [-0.39, 0.29) is 0 Å². The van der Waals surface area contributed by atoms with E-state index in [9.17, 15) is 10.0 Å². The second-order valence-corrected chi connectivity index (χ2v) is 5.29. The number of fused-ring (bicyclic) bond motifs is 1. The first-order chi connectivity index (χ1) is 8.88. The molecule has 19 heavy (non-hydrogen) atoms. The Morgan fingerprint density at radius 3 is 2.42 bits per heavy atom. The fraction of sp³-hybridized carbons (Fsp3) is 0.267. The van der Waals surface area contributed by atoms with Crippen LogP contribution >= 0.6 is 0 Å². The molecule has 2 aromatic rings. The van der Waals surface area contributed by atoms with Crippen LogP contribution in [0.25, 0.3) is 10.8 Å². The Hall–Kier alpha value is -2.07. The quantitative estimate of drug-likeness (QED) is 0.622. The van der Waals surface area contributed by atoms with Gasteiger partial charge in [0.05, 0.1) is 5.69 Å². The molecule has 4 nitrogen and oxygen atoms in total. The number of amides is 1. The van der Waals surface area contributed by atoms with E-state index in [1.807, 2.05) is 30.3 Å². The van der Waals surface area contributed by atoms with Crippen molar-refractivity contribution in [3.63, 3.8) is 0 Å². The molecule has 0 heterocycles. The van der Waals surface area contributed by atoms with E-state index in [1.165, 1.54) is 0 Å². The normalized spacial score (nSPS) is 11.4. The summed E-state index contributed by atoms with van der Waals surface area (Å²) in [4.78, 5) is 11.9. The lowest BCUT2D eigenvalue weighted by Gasteiger charge is -2.23. The molecule has 0 radical (unpaired) electrons. The van der Waals surface area contributed by atoms with Crippen LogP contribution in [-0.4, -0.2) is 16.9 Å². The van der Waals surface area contributed by atoms with E-state index in [4.69, 9.17) is 4.74 Å². The summed E-state index contributed by atoms with van der Waals surface area (Å²) in [6.45, 7) is 5.26. The number of carbonyl (C=O) groups excluding carboxylic acids is 1. The Morgan fingerprint density at radius 2 is 1.74 bits per heavy atom. The molecule has 1 amide bonds. The average molecular weight is 259 g/mol. The lowest BCUT2D eigenvalue weighted by atomic mass is 10.1. The van der Waals surface area contributed by atoms with Crippen molar-refractivity contribution >= 4 is 22.6 Å². The first-order valence-corrected chi connectivity index (χ1v) is 6.08. The van der Waals surface area contributed by atoms with Crippen molar-refractivity contribution in [2.75, 3.05) is 5.06 Å². The summed E-state index contributed by atoms with van der Waals surface area (Å²) in [6.07, 6.45) is -0.788. The van der Waals surface area contributed by atoms with Crippen molar-refractivity contribution in [3.05, 3.63) is 42.5 Å². The minimum Gasteiger partial charge on any atom is -0.442 e. The van der Waals surface area contributed by atoms with Gasteiger partial charge in [-0.05, 0) is 32.2 Å². The SMILES string of the molecule is CC(C)(C)OC(=O)N(O)c1cccc2ccccc12. The lowest BCUT2D eigenvalue weighted by Crippen LogP contribution is -2.34. The topological polar surface area (TPSA) is 49.8 Å². The van der Waals surface area contributed by atoms with Gasteiger partial charge < -0.3 is 4.74 Å². The molecule has 4 heteroatoms. The van der Waals surface area contributed by atoms with Gasteiger partial charge >= 0.3 is 6.09 Å². The van der Waals surface area contributed by atoms with Crippen molar-refractivity contribution in [3.8, 4) is 0 Å². The van der Waals surface area contributed by atoms with Crippen molar-refractivity contribution in [2.24, 2.45) is 0 Å². The maximum atomic E-state index is 11.9. The number of hydrogen-bond donors (Lipinski definition) is 1. The summed E-state index contributed by atoms with van der Waals surface area (Å²) in [5.74, 6) is 0. The Balaban J connectivity index is 2.36. The van der Waals surface area contributed by atoms with Crippen LogP contribution in [0.1, 0.15) is 20.8 Å². The van der Waals surface area contributed by atoms with Gasteiger partial charge in [-0.1, -0.05) is 36.4 Å². The van der Waals surface area contributed by atoms with Crippen LogP contribution < -0.4 is 5.06 Å². The zero-order chi connectivity index (χ0) is 14.0. The number of anilines is 1. The van der Waals surface area contributed by atoms with Gasteiger partial charge in [-0.25, -0.2) is 4.79 Å². The smallest absolute Gasteiger partial charge is 0.439 e. The molecular formula is C15H17NO3. The van der Waals surface area contributed by atoms with Crippen LogP contribution in [0.4, 0.5) is 10.5 Å². The molecule has 0 aliphatic heterocycles. The van der Waals surface area contributed by atoms with E-state index in [2.05, 4.69) is 0 Å². The van der Waals surface area contributed by atoms with Gasteiger partial charge in [-0.3, -0.25) is 5.21 Å². The second kappa shape index (κ2) is 4.90. The highest BCUT2D eigenvalue weighted by atomic mass is 16.6. The molecule has 0 atom stereocenters. The highest BCUT2D eigenvalue weighted by Crippen LogP contribution is 2.26. The second-order valence-electron chi connectivity index (χ2n) is 5.29. The summed E-state index contributed by atoms with van der Waals surface area (Å²) in [7, 11) is 0. The maximum Gasteiger partial charge on any atom is 0.439 e. The van der Waals surface area contributed by atoms with Crippen molar-refractivity contribution < 1.29 is 14.7 Å². The number of carbonyl (C=O) groups is 1. The third-order valence-electron chi connectivity index (χ3n) is 2.56. The average Bonchev–Trinajstić information content (AvgIpc) is 2.35. The highest BCUT2D eigenvalue weighted by molar-refractivity contribution is 6.00. The number of rotatable bonds is 1. The van der Waals surface area contributed by atoms with Gasteiger partial charge in [-0.2, -0.15) is 5.06 Å². The molecule has 0 aromatic heterocycles. The Morgan fingerprint density at radius 1 is 1.11 bits per heavy atom. The number of hydrogen-bond acceptors (Lipinski definition) is 3. The number of benzene rings is 2. The van der Waals surface area contributed by atoms with Crippen LogP contribution in [0.3, 0.4) is 0 Å². The Labute approximate surface area is 112 Å². The summed E-state index contributed by atoms with van der Waals surface area (Å²) in [6, 6.07) is 12.9. The summed E-state index contributed by atoms with van der Waals surface area (Å²) < 4.78 is 5.14. The van der Waals surface area contributed by atoms with Crippen molar-refractivity contribution in [2.45, 2.75) is 26.4 Å². The van der Waals surface area contributed by atoms with E-state index in [0.717, 1.165) is 10.8 Å². The van der Waals surface area contributed by atoms with Crippen LogP contribution in [0, 0.1) is 0 Å². The zero-order valence-corrected chi connectivity index (χ0v) is 11.3.